The third-order valence-electron chi connectivity index (χ3n) is 3.17. The molecule has 3 nitrogen and oxygen atoms in total. The largest absolute Gasteiger partial charge is 0.487 e. The van der Waals surface area contributed by atoms with Gasteiger partial charge in [0.05, 0.1) is 6.04 Å². The van der Waals surface area contributed by atoms with Crippen molar-refractivity contribution in [2.24, 2.45) is 5.73 Å². The van der Waals surface area contributed by atoms with E-state index < -0.39 is 0 Å². The number of aromatic nitrogens is 1. The normalized spacial score (nSPS) is 18.2. The number of thiazole rings is 1. The zero-order chi connectivity index (χ0) is 12.8. The topological polar surface area (TPSA) is 48.1 Å². The first-order chi connectivity index (χ1) is 8.57. The fourth-order valence-corrected chi connectivity index (χ4v) is 3.06. The van der Waals surface area contributed by atoms with Gasteiger partial charge in [-0.25, -0.2) is 4.98 Å². The van der Waals surface area contributed by atoms with Gasteiger partial charge in [0.2, 0.25) is 0 Å². The molecule has 18 heavy (non-hydrogen) atoms. The number of fused-ring (bicyclic) bond motifs is 1. The van der Waals surface area contributed by atoms with E-state index in [1.54, 1.807) is 17.5 Å². The van der Waals surface area contributed by atoms with Crippen LogP contribution in [0, 0.1) is 0 Å². The minimum atomic E-state index is -0.200. The second kappa shape index (κ2) is 4.07. The highest BCUT2D eigenvalue weighted by Crippen LogP contribution is 2.40. The number of para-hydroxylation sites is 1. The number of rotatable bonds is 2. The standard InChI is InChI=1S/C14H16N2OS/c1-14(2)8-9-4-3-5-10(12(9)17-14)11(15)13-16-6-7-18-13/h3-7,11H,8,15H2,1-2H3. The maximum absolute atomic E-state index is 6.29. The van der Waals surface area contributed by atoms with Crippen molar-refractivity contribution in [3.63, 3.8) is 0 Å². The van der Waals surface area contributed by atoms with Crippen molar-refractivity contribution in [2.45, 2.75) is 31.9 Å². The average molecular weight is 260 g/mol. The Morgan fingerprint density at radius 3 is 3.00 bits per heavy atom. The molecule has 2 aromatic rings. The lowest BCUT2D eigenvalue weighted by Crippen LogP contribution is -2.25. The number of ether oxygens (including phenoxy) is 1. The summed E-state index contributed by atoms with van der Waals surface area (Å²) in [6.45, 7) is 4.21. The van der Waals surface area contributed by atoms with Crippen LogP contribution in [0.15, 0.2) is 29.8 Å². The number of nitrogens with zero attached hydrogens (tertiary/aromatic N) is 1. The highest BCUT2D eigenvalue weighted by Gasteiger charge is 2.33. The van der Waals surface area contributed by atoms with Gasteiger partial charge in [0, 0.05) is 23.6 Å². The van der Waals surface area contributed by atoms with E-state index in [2.05, 4.69) is 24.9 Å². The van der Waals surface area contributed by atoms with Crippen molar-refractivity contribution < 1.29 is 4.74 Å². The number of benzene rings is 1. The molecule has 0 saturated heterocycles. The Morgan fingerprint density at radius 2 is 2.28 bits per heavy atom. The van der Waals surface area contributed by atoms with E-state index in [9.17, 15) is 0 Å². The summed E-state index contributed by atoms with van der Waals surface area (Å²) < 4.78 is 6.04. The molecule has 2 heterocycles. The van der Waals surface area contributed by atoms with Gasteiger partial charge in [0.1, 0.15) is 16.4 Å². The zero-order valence-electron chi connectivity index (χ0n) is 10.5. The van der Waals surface area contributed by atoms with Crippen molar-refractivity contribution in [3.8, 4) is 5.75 Å². The van der Waals surface area contributed by atoms with Gasteiger partial charge >= 0.3 is 0 Å². The van der Waals surface area contributed by atoms with Crippen LogP contribution in [-0.2, 0) is 6.42 Å². The monoisotopic (exact) mass is 260 g/mol. The third-order valence-corrected chi connectivity index (χ3v) is 4.03. The minimum Gasteiger partial charge on any atom is -0.487 e. The Labute approximate surface area is 111 Å². The fraction of sp³-hybridized carbons (Fsp3) is 0.357. The van der Waals surface area contributed by atoms with Gasteiger partial charge in [0.15, 0.2) is 0 Å². The Kier molecular flexibility index (Phi) is 2.64. The van der Waals surface area contributed by atoms with Crippen LogP contribution in [0.5, 0.6) is 5.75 Å². The summed E-state index contributed by atoms with van der Waals surface area (Å²) in [4.78, 5) is 4.29. The summed E-state index contributed by atoms with van der Waals surface area (Å²) in [5.41, 5.74) is 8.43. The lowest BCUT2D eigenvalue weighted by molar-refractivity contribution is 0.137. The quantitative estimate of drug-likeness (QED) is 0.903. The smallest absolute Gasteiger partial charge is 0.128 e. The SMILES string of the molecule is CC1(C)Cc2cccc(C(N)c3nccs3)c2O1. The molecule has 1 aromatic heterocycles. The summed E-state index contributed by atoms with van der Waals surface area (Å²) in [7, 11) is 0. The van der Waals surface area contributed by atoms with Crippen LogP contribution in [0.3, 0.4) is 0 Å². The van der Waals surface area contributed by atoms with Gasteiger partial charge in [-0.2, -0.15) is 0 Å². The van der Waals surface area contributed by atoms with Crippen molar-refractivity contribution >= 4 is 11.3 Å². The first-order valence-corrected chi connectivity index (χ1v) is 6.90. The predicted octanol–water partition coefficient (Wildman–Crippen LogP) is 2.90. The molecule has 1 aliphatic heterocycles. The first-order valence-electron chi connectivity index (χ1n) is 6.03. The van der Waals surface area contributed by atoms with Crippen molar-refractivity contribution in [3.05, 3.63) is 45.9 Å². The molecule has 1 aliphatic rings. The van der Waals surface area contributed by atoms with Gasteiger partial charge in [0.25, 0.3) is 0 Å². The summed E-state index contributed by atoms with van der Waals surface area (Å²) in [6, 6.07) is 6.00. The Morgan fingerprint density at radius 1 is 1.44 bits per heavy atom. The summed E-state index contributed by atoms with van der Waals surface area (Å²) >= 11 is 1.58. The van der Waals surface area contributed by atoms with E-state index in [-0.39, 0.29) is 11.6 Å². The minimum absolute atomic E-state index is 0.138. The molecule has 3 rings (SSSR count). The Balaban J connectivity index is 2.03. The molecule has 0 amide bonds. The van der Waals surface area contributed by atoms with Gasteiger partial charge in [-0.05, 0) is 19.4 Å². The highest BCUT2D eigenvalue weighted by molar-refractivity contribution is 7.09. The van der Waals surface area contributed by atoms with E-state index in [0.29, 0.717) is 0 Å². The fourth-order valence-electron chi connectivity index (χ4n) is 2.41. The second-order valence-corrected chi connectivity index (χ2v) is 6.15. The van der Waals surface area contributed by atoms with E-state index in [4.69, 9.17) is 10.5 Å². The van der Waals surface area contributed by atoms with Gasteiger partial charge in [-0.15, -0.1) is 11.3 Å². The van der Waals surface area contributed by atoms with Crippen molar-refractivity contribution in [1.82, 2.24) is 4.98 Å². The zero-order valence-corrected chi connectivity index (χ0v) is 11.3. The molecule has 1 aromatic carbocycles. The van der Waals surface area contributed by atoms with Crippen molar-refractivity contribution in [2.75, 3.05) is 0 Å². The van der Waals surface area contributed by atoms with E-state index >= 15 is 0 Å². The van der Waals surface area contributed by atoms with Gasteiger partial charge < -0.3 is 10.5 Å². The molecular formula is C14H16N2OS. The molecular weight excluding hydrogens is 244 g/mol. The molecule has 94 valence electrons. The number of hydrogen-bond donors (Lipinski definition) is 1. The van der Waals surface area contributed by atoms with E-state index in [1.807, 2.05) is 17.5 Å². The predicted molar refractivity (Wildman–Crippen MR) is 73.0 cm³/mol. The van der Waals surface area contributed by atoms with Crippen LogP contribution >= 0.6 is 11.3 Å². The highest BCUT2D eigenvalue weighted by atomic mass is 32.1. The molecule has 4 heteroatoms. The van der Waals surface area contributed by atoms with Crippen LogP contribution in [-0.4, -0.2) is 10.6 Å². The lowest BCUT2D eigenvalue weighted by Gasteiger charge is -2.19. The molecule has 0 saturated carbocycles. The average Bonchev–Trinajstić information content (AvgIpc) is 2.91. The lowest BCUT2D eigenvalue weighted by atomic mass is 9.98. The van der Waals surface area contributed by atoms with Crippen LogP contribution in [0.4, 0.5) is 0 Å². The number of hydrogen-bond acceptors (Lipinski definition) is 4. The maximum atomic E-state index is 6.29. The molecule has 0 radical (unpaired) electrons. The molecule has 0 spiro atoms. The molecule has 2 N–H and O–H groups in total. The van der Waals surface area contributed by atoms with E-state index in [1.165, 1.54) is 5.56 Å². The molecule has 1 unspecified atom stereocenters. The van der Waals surface area contributed by atoms with Crippen LogP contribution in [0.1, 0.15) is 36.0 Å². The van der Waals surface area contributed by atoms with Crippen LogP contribution in [0.25, 0.3) is 0 Å². The summed E-state index contributed by atoms with van der Waals surface area (Å²) in [6.07, 6.45) is 2.72. The molecule has 0 fully saturated rings. The van der Waals surface area contributed by atoms with E-state index in [0.717, 1.165) is 22.7 Å². The van der Waals surface area contributed by atoms with Crippen LogP contribution < -0.4 is 10.5 Å². The Hall–Kier alpha value is -1.39. The summed E-state index contributed by atoms with van der Waals surface area (Å²) in [5.74, 6) is 0.949. The van der Waals surface area contributed by atoms with Crippen LogP contribution in [0.2, 0.25) is 0 Å². The molecule has 1 atom stereocenters. The first kappa shape index (κ1) is 11.7. The molecule has 0 aliphatic carbocycles. The van der Waals surface area contributed by atoms with Gasteiger partial charge in [-0.1, -0.05) is 18.2 Å². The maximum Gasteiger partial charge on any atom is 0.128 e. The third kappa shape index (κ3) is 1.91. The number of nitrogens with two attached hydrogens (primary N) is 1. The second-order valence-electron chi connectivity index (χ2n) is 5.22. The Bertz CT molecular complexity index is 563. The van der Waals surface area contributed by atoms with Gasteiger partial charge in [-0.3, -0.25) is 0 Å². The summed E-state index contributed by atoms with van der Waals surface area (Å²) in [5, 5.41) is 2.88. The van der Waals surface area contributed by atoms with Crippen molar-refractivity contribution in [1.29, 1.82) is 0 Å². The molecule has 0 bridgehead atoms.